The molecular formula is C18H25BFNO2. The molecule has 3 nitrogen and oxygen atoms in total. The van der Waals surface area contributed by atoms with Crippen molar-refractivity contribution >= 4 is 12.7 Å². The first-order valence-corrected chi connectivity index (χ1v) is 8.47. The van der Waals surface area contributed by atoms with Crippen molar-refractivity contribution < 1.29 is 13.7 Å². The smallest absolute Gasteiger partial charge is 0.398 e. The van der Waals surface area contributed by atoms with E-state index in [4.69, 9.17) is 9.31 Å². The van der Waals surface area contributed by atoms with Crippen molar-refractivity contribution in [1.82, 2.24) is 4.98 Å². The lowest BCUT2D eigenvalue weighted by Crippen LogP contribution is -2.41. The number of pyridine rings is 1. The highest BCUT2D eigenvalue weighted by atomic mass is 19.1. The van der Waals surface area contributed by atoms with Crippen molar-refractivity contribution in [3.05, 3.63) is 35.8 Å². The summed E-state index contributed by atoms with van der Waals surface area (Å²) in [6.07, 6.45) is 7.75. The molecule has 1 aromatic rings. The van der Waals surface area contributed by atoms with Gasteiger partial charge in [-0.3, -0.25) is 4.98 Å². The lowest BCUT2D eigenvalue weighted by molar-refractivity contribution is 0.00578. The number of aromatic nitrogens is 1. The summed E-state index contributed by atoms with van der Waals surface area (Å²) in [6, 6.07) is 3.75. The molecule has 1 aromatic heterocycles. The summed E-state index contributed by atoms with van der Waals surface area (Å²) in [5.74, 6) is 0.233. The Labute approximate surface area is 138 Å². The van der Waals surface area contributed by atoms with Crippen LogP contribution < -0.4 is 0 Å². The van der Waals surface area contributed by atoms with Crippen molar-refractivity contribution in [3.8, 4) is 0 Å². The van der Waals surface area contributed by atoms with Gasteiger partial charge in [0.2, 0.25) is 0 Å². The molecule has 0 atom stereocenters. The maximum absolute atomic E-state index is 15.4. The minimum atomic E-state index is -0.927. The minimum Gasteiger partial charge on any atom is -0.398 e. The summed E-state index contributed by atoms with van der Waals surface area (Å²) in [4.78, 5) is 4.05. The van der Waals surface area contributed by atoms with Crippen LogP contribution in [-0.4, -0.2) is 23.3 Å². The van der Waals surface area contributed by atoms with Gasteiger partial charge in [-0.05, 0) is 69.7 Å². The quantitative estimate of drug-likeness (QED) is 0.765. The summed E-state index contributed by atoms with van der Waals surface area (Å²) in [5, 5.41) is 0. The SMILES string of the molecule is CC1(C)OB(C(F)=C(c2ccncc2)C2CCCC2)OC1(C)C. The largest absolute Gasteiger partial charge is 0.525 e. The molecule has 1 saturated heterocycles. The zero-order valence-electron chi connectivity index (χ0n) is 14.4. The standard InChI is InChI=1S/C18H25BFNO2/c1-17(2)18(3,4)23-19(22-17)16(20)15(13-7-5-6-8-13)14-9-11-21-12-10-14/h9-13H,5-8H2,1-4H3. The highest BCUT2D eigenvalue weighted by molar-refractivity contribution is 6.55. The molecule has 0 bridgehead atoms. The van der Waals surface area contributed by atoms with Crippen LogP contribution in [-0.2, 0) is 9.31 Å². The molecule has 0 amide bonds. The molecule has 2 fully saturated rings. The van der Waals surface area contributed by atoms with Crippen LogP contribution in [0.2, 0.25) is 0 Å². The van der Waals surface area contributed by atoms with E-state index in [-0.39, 0.29) is 11.6 Å². The van der Waals surface area contributed by atoms with Gasteiger partial charge >= 0.3 is 7.12 Å². The third kappa shape index (κ3) is 3.09. The molecule has 0 unspecified atom stereocenters. The Bertz CT molecular complexity index is 578. The average molecular weight is 317 g/mol. The summed E-state index contributed by atoms with van der Waals surface area (Å²) < 4.78 is 27.2. The lowest BCUT2D eigenvalue weighted by Gasteiger charge is -2.32. The number of hydrogen-bond acceptors (Lipinski definition) is 3. The van der Waals surface area contributed by atoms with E-state index in [0.717, 1.165) is 36.8 Å². The van der Waals surface area contributed by atoms with Crippen LogP contribution in [0.1, 0.15) is 58.9 Å². The molecule has 0 N–H and O–H groups in total. The predicted molar refractivity (Wildman–Crippen MR) is 90.3 cm³/mol. The fraction of sp³-hybridized carbons (Fsp3) is 0.611. The zero-order chi connectivity index (χ0) is 16.7. The van der Waals surface area contributed by atoms with Gasteiger partial charge in [-0.25, -0.2) is 4.39 Å². The minimum absolute atomic E-state index is 0.233. The van der Waals surface area contributed by atoms with Crippen LogP contribution in [0.25, 0.3) is 5.57 Å². The molecule has 0 radical (unpaired) electrons. The molecule has 2 aliphatic rings. The Hall–Kier alpha value is -1.20. The second-order valence-electron chi connectivity index (χ2n) is 7.57. The van der Waals surface area contributed by atoms with Gasteiger partial charge in [0.1, 0.15) is 5.73 Å². The van der Waals surface area contributed by atoms with Gasteiger partial charge in [0.15, 0.2) is 0 Å². The van der Waals surface area contributed by atoms with Gasteiger partial charge in [0.25, 0.3) is 0 Å². The van der Waals surface area contributed by atoms with Gasteiger partial charge in [0, 0.05) is 12.4 Å². The molecule has 1 saturated carbocycles. The third-order valence-corrected chi connectivity index (χ3v) is 5.47. The van der Waals surface area contributed by atoms with Gasteiger partial charge in [-0.15, -0.1) is 0 Å². The molecule has 2 heterocycles. The van der Waals surface area contributed by atoms with Crippen molar-refractivity contribution in [2.75, 3.05) is 0 Å². The molecule has 1 aliphatic carbocycles. The van der Waals surface area contributed by atoms with Crippen LogP contribution in [0.3, 0.4) is 0 Å². The summed E-state index contributed by atoms with van der Waals surface area (Å²) in [7, 11) is -0.927. The molecule has 124 valence electrons. The van der Waals surface area contributed by atoms with Crippen molar-refractivity contribution in [3.63, 3.8) is 0 Å². The molecule has 5 heteroatoms. The highest BCUT2D eigenvalue weighted by Crippen LogP contribution is 2.44. The molecule has 23 heavy (non-hydrogen) atoms. The average Bonchev–Trinajstić information content (AvgIpc) is 3.07. The fourth-order valence-corrected chi connectivity index (χ4v) is 3.39. The van der Waals surface area contributed by atoms with Gasteiger partial charge in [-0.2, -0.15) is 0 Å². The van der Waals surface area contributed by atoms with Crippen molar-refractivity contribution in [1.29, 1.82) is 0 Å². The molecule has 0 spiro atoms. The zero-order valence-corrected chi connectivity index (χ0v) is 14.4. The number of rotatable bonds is 3. The predicted octanol–water partition coefficient (Wildman–Crippen LogP) is 4.58. The molecule has 0 aromatic carbocycles. The summed E-state index contributed by atoms with van der Waals surface area (Å²) in [6.45, 7) is 7.79. The van der Waals surface area contributed by atoms with E-state index in [1.54, 1.807) is 12.4 Å². The number of nitrogens with zero attached hydrogens (tertiary/aromatic N) is 1. The van der Waals surface area contributed by atoms with Crippen LogP contribution in [0.15, 0.2) is 30.3 Å². The fourth-order valence-electron chi connectivity index (χ4n) is 3.39. The van der Waals surface area contributed by atoms with E-state index in [1.165, 1.54) is 0 Å². The number of halogens is 1. The molecule has 1 aliphatic heterocycles. The van der Waals surface area contributed by atoms with Crippen LogP contribution >= 0.6 is 0 Å². The highest BCUT2D eigenvalue weighted by Gasteiger charge is 2.54. The Morgan fingerprint density at radius 3 is 2.13 bits per heavy atom. The monoisotopic (exact) mass is 317 g/mol. The van der Waals surface area contributed by atoms with E-state index in [0.29, 0.717) is 0 Å². The first-order chi connectivity index (χ1) is 10.8. The number of allylic oxidation sites excluding steroid dienone is 1. The van der Waals surface area contributed by atoms with Gasteiger partial charge in [-0.1, -0.05) is 12.8 Å². The Balaban J connectivity index is 1.99. The maximum atomic E-state index is 15.4. The van der Waals surface area contributed by atoms with E-state index >= 15 is 4.39 Å². The lowest BCUT2D eigenvalue weighted by atomic mass is 9.78. The topological polar surface area (TPSA) is 31.4 Å². The summed E-state index contributed by atoms with van der Waals surface area (Å²) in [5.41, 5.74) is 0.284. The normalized spacial score (nSPS) is 24.8. The van der Waals surface area contributed by atoms with Crippen molar-refractivity contribution in [2.45, 2.75) is 64.6 Å². The second kappa shape index (κ2) is 6.02. The van der Waals surface area contributed by atoms with Crippen molar-refractivity contribution in [2.24, 2.45) is 5.92 Å². The molecule has 3 rings (SSSR count). The third-order valence-electron chi connectivity index (χ3n) is 5.47. The Morgan fingerprint density at radius 1 is 1.09 bits per heavy atom. The first kappa shape index (κ1) is 16.7. The van der Waals surface area contributed by atoms with Crippen LogP contribution in [0.4, 0.5) is 4.39 Å². The van der Waals surface area contributed by atoms with E-state index in [1.807, 2.05) is 39.8 Å². The first-order valence-electron chi connectivity index (χ1n) is 8.47. The Morgan fingerprint density at radius 2 is 1.61 bits per heavy atom. The van der Waals surface area contributed by atoms with Gasteiger partial charge in [0.05, 0.1) is 11.2 Å². The van der Waals surface area contributed by atoms with Crippen LogP contribution in [0.5, 0.6) is 0 Å². The Kier molecular flexibility index (Phi) is 4.36. The van der Waals surface area contributed by atoms with Gasteiger partial charge < -0.3 is 9.31 Å². The summed E-state index contributed by atoms with van der Waals surface area (Å²) >= 11 is 0. The van der Waals surface area contributed by atoms with Crippen LogP contribution in [0, 0.1) is 5.92 Å². The van der Waals surface area contributed by atoms with E-state index in [2.05, 4.69) is 4.98 Å². The molecular weight excluding hydrogens is 292 g/mol. The maximum Gasteiger partial charge on any atom is 0.525 e. The van der Waals surface area contributed by atoms with E-state index < -0.39 is 18.3 Å². The van der Waals surface area contributed by atoms with E-state index in [9.17, 15) is 0 Å². The number of hydrogen-bond donors (Lipinski definition) is 0. The second-order valence-corrected chi connectivity index (χ2v) is 7.57.